The minimum atomic E-state index is -1.22. The van der Waals surface area contributed by atoms with E-state index in [-0.39, 0.29) is 11.3 Å². The van der Waals surface area contributed by atoms with Crippen LogP contribution in [0.5, 0.6) is 11.5 Å². The Bertz CT molecular complexity index is 635. The van der Waals surface area contributed by atoms with Crippen LogP contribution in [0.4, 0.5) is 4.39 Å². The number of halogens is 1. The second kappa shape index (κ2) is 5.10. The summed E-state index contributed by atoms with van der Waals surface area (Å²) >= 11 is 0. The Morgan fingerprint density at radius 1 is 1.16 bits per heavy atom. The molecule has 4 heteroatoms. The van der Waals surface area contributed by atoms with Crippen LogP contribution in [0, 0.1) is 19.7 Å². The number of ether oxygens (including phenoxy) is 1. The molecule has 2 rings (SSSR count). The van der Waals surface area contributed by atoms with Crippen molar-refractivity contribution >= 4 is 5.97 Å². The van der Waals surface area contributed by atoms with Crippen molar-refractivity contribution in [1.29, 1.82) is 0 Å². The fraction of sp³-hybridized carbons (Fsp3) is 0.133. The molecule has 19 heavy (non-hydrogen) atoms. The second-order valence-corrected chi connectivity index (χ2v) is 4.22. The molecule has 0 saturated carbocycles. The highest BCUT2D eigenvalue weighted by atomic mass is 19.1. The fourth-order valence-corrected chi connectivity index (χ4v) is 1.73. The standard InChI is InChI=1S/C15H13FO3/c1-9-5-3-8-13(10(9)2)19-14-11(15(17)18)6-4-7-12(14)16/h3-8H,1-2H3,(H,17,18). The predicted octanol–water partition coefficient (Wildman–Crippen LogP) is 3.93. The second-order valence-electron chi connectivity index (χ2n) is 4.22. The number of carboxylic acids is 1. The number of carbonyl (C=O) groups is 1. The number of benzene rings is 2. The first-order valence-corrected chi connectivity index (χ1v) is 5.76. The van der Waals surface area contributed by atoms with Crippen LogP contribution in [0.3, 0.4) is 0 Å². The third-order valence-electron chi connectivity index (χ3n) is 2.96. The molecule has 0 aromatic heterocycles. The normalized spacial score (nSPS) is 10.3. The number of aromatic carboxylic acids is 1. The van der Waals surface area contributed by atoms with Crippen LogP contribution in [-0.4, -0.2) is 11.1 Å². The van der Waals surface area contributed by atoms with Crippen molar-refractivity contribution in [2.45, 2.75) is 13.8 Å². The summed E-state index contributed by atoms with van der Waals surface area (Å²) in [6, 6.07) is 9.19. The SMILES string of the molecule is Cc1cccc(Oc2c(F)cccc2C(=O)O)c1C. The van der Waals surface area contributed by atoms with Gasteiger partial charge in [-0.25, -0.2) is 9.18 Å². The number of carboxylic acid groups (broad SMARTS) is 1. The minimum absolute atomic E-state index is 0.194. The highest BCUT2D eigenvalue weighted by Crippen LogP contribution is 2.31. The van der Waals surface area contributed by atoms with Gasteiger partial charge < -0.3 is 9.84 Å². The molecular formula is C15H13FO3. The molecule has 0 aliphatic heterocycles. The van der Waals surface area contributed by atoms with Crippen molar-refractivity contribution < 1.29 is 19.0 Å². The van der Waals surface area contributed by atoms with E-state index in [9.17, 15) is 9.18 Å². The Morgan fingerprint density at radius 2 is 1.84 bits per heavy atom. The van der Waals surface area contributed by atoms with Gasteiger partial charge in [-0.05, 0) is 43.2 Å². The summed E-state index contributed by atoms with van der Waals surface area (Å²) in [6.45, 7) is 3.74. The quantitative estimate of drug-likeness (QED) is 0.909. The molecule has 3 nitrogen and oxygen atoms in total. The van der Waals surface area contributed by atoms with Gasteiger partial charge in [-0.15, -0.1) is 0 Å². The maximum absolute atomic E-state index is 13.7. The van der Waals surface area contributed by atoms with Gasteiger partial charge in [-0.1, -0.05) is 18.2 Å². The van der Waals surface area contributed by atoms with Crippen molar-refractivity contribution in [1.82, 2.24) is 0 Å². The lowest BCUT2D eigenvalue weighted by Gasteiger charge is -2.12. The molecule has 0 fully saturated rings. The Hall–Kier alpha value is -2.36. The van der Waals surface area contributed by atoms with Crippen molar-refractivity contribution in [3.05, 3.63) is 58.9 Å². The van der Waals surface area contributed by atoms with Crippen LogP contribution in [-0.2, 0) is 0 Å². The summed E-state index contributed by atoms with van der Waals surface area (Å²) < 4.78 is 19.2. The molecule has 0 bridgehead atoms. The van der Waals surface area contributed by atoms with Gasteiger partial charge in [0.2, 0.25) is 0 Å². The lowest BCUT2D eigenvalue weighted by atomic mass is 10.1. The van der Waals surface area contributed by atoms with E-state index in [0.717, 1.165) is 11.1 Å². The van der Waals surface area contributed by atoms with Crippen LogP contribution >= 0.6 is 0 Å². The van der Waals surface area contributed by atoms with E-state index in [4.69, 9.17) is 9.84 Å². The Labute approximate surface area is 110 Å². The van der Waals surface area contributed by atoms with Gasteiger partial charge in [-0.3, -0.25) is 0 Å². The van der Waals surface area contributed by atoms with Crippen LogP contribution in [0.1, 0.15) is 21.5 Å². The highest BCUT2D eigenvalue weighted by Gasteiger charge is 2.17. The van der Waals surface area contributed by atoms with Crippen LogP contribution in [0.15, 0.2) is 36.4 Å². The summed E-state index contributed by atoms with van der Waals surface area (Å²) in [4.78, 5) is 11.1. The smallest absolute Gasteiger partial charge is 0.339 e. The van der Waals surface area contributed by atoms with Crippen molar-refractivity contribution in [2.24, 2.45) is 0 Å². The van der Waals surface area contributed by atoms with Gasteiger partial charge in [0.25, 0.3) is 0 Å². The van der Waals surface area contributed by atoms with Gasteiger partial charge in [0, 0.05) is 0 Å². The highest BCUT2D eigenvalue weighted by molar-refractivity contribution is 5.91. The third kappa shape index (κ3) is 2.57. The Kier molecular flexibility index (Phi) is 3.51. The van der Waals surface area contributed by atoms with E-state index in [2.05, 4.69) is 0 Å². The zero-order chi connectivity index (χ0) is 14.0. The molecule has 0 spiro atoms. The lowest BCUT2D eigenvalue weighted by molar-refractivity contribution is 0.0693. The van der Waals surface area contributed by atoms with Gasteiger partial charge in [0.05, 0.1) is 0 Å². The predicted molar refractivity (Wildman–Crippen MR) is 69.3 cm³/mol. The number of rotatable bonds is 3. The maximum atomic E-state index is 13.7. The summed E-state index contributed by atoms with van der Waals surface area (Å²) in [5, 5.41) is 9.05. The van der Waals surface area contributed by atoms with Gasteiger partial charge >= 0.3 is 5.97 Å². The number of hydrogen-bond donors (Lipinski definition) is 1. The molecule has 0 unspecified atom stereocenters. The third-order valence-corrected chi connectivity index (χ3v) is 2.96. The summed E-state index contributed by atoms with van der Waals surface area (Å²) in [5.74, 6) is -1.73. The van der Waals surface area contributed by atoms with E-state index < -0.39 is 11.8 Å². The van der Waals surface area contributed by atoms with E-state index in [1.807, 2.05) is 19.9 Å². The van der Waals surface area contributed by atoms with Gasteiger partial charge in [-0.2, -0.15) is 0 Å². The van der Waals surface area contributed by atoms with E-state index in [1.54, 1.807) is 12.1 Å². The molecule has 98 valence electrons. The summed E-state index contributed by atoms with van der Waals surface area (Å²) in [7, 11) is 0. The Morgan fingerprint density at radius 3 is 2.53 bits per heavy atom. The molecule has 0 heterocycles. The first-order valence-electron chi connectivity index (χ1n) is 5.76. The lowest BCUT2D eigenvalue weighted by Crippen LogP contribution is -2.02. The monoisotopic (exact) mass is 260 g/mol. The molecule has 1 N–H and O–H groups in total. The summed E-state index contributed by atoms with van der Waals surface area (Å²) in [5.41, 5.74) is 1.65. The zero-order valence-electron chi connectivity index (χ0n) is 10.6. The van der Waals surface area contributed by atoms with Crippen molar-refractivity contribution in [2.75, 3.05) is 0 Å². The van der Waals surface area contributed by atoms with E-state index >= 15 is 0 Å². The number of hydrogen-bond acceptors (Lipinski definition) is 2. The molecule has 0 aliphatic carbocycles. The molecule has 2 aromatic carbocycles. The van der Waals surface area contributed by atoms with Gasteiger partial charge in [0.1, 0.15) is 11.3 Å². The first kappa shape index (κ1) is 13.1. The van der Waals surface area contributed by atoms with Crippen molar-refractivity contribution in [3.8, 4) is 11.5 Å². The van der Waals surface area contributed by atoms with Crippen LogP contribution in [0.2, 0.25) is 0 Å². The molecular weight excluding hydrogens is 247 g/mol. The van der Waals surface area contributed by atoms with Crippen molar-refractivity contribution in [3.63, 3.8) is 0 Å². The molecule has 0 aliphatic rings. The molecule has 2 aromatic rings. The largest absolute Gasteiger partial charge is 0.478 e. The average Bonchev–Trinajstić information content (AvgIpc) is 2.36. The first-order chi connectivity index (χ1) is 9.00. The number of aryl methyl sites for hydroxylation is 1. The molecule has 0 amide bonds. The van der Waals surface area contributed by atoms with Crippen LogP contribution < -0.4 is 4.74 Å². The molecule has 0 radical (unpaired) electrons. The van der Waals surface area contributed by atoms with Crippen LogP contribution in [0.25, 0.3) is 0 Å². The molecule has 0 atom stereocenters. The van der Waals surface area contributed by atoms with E-state index in [0.29, 0.717) is 5.75 Å². The van der Waals surface area contributed by atoms with Gasteiger partial charge in [0.15, 0.2) is 11.6 Å². The maximum Gasteiger partial charge on any atom is 0.339 e. The fourth-order valence-electron chi connectivity index (χ4n) is 1.73. The zero-order valence-corrected chi connectivity index (χ0v) is 10.6. The Balaban J connectivity index is 2.49. The average molecular weight is 260 g/mol. The summed E-state index contributed by atoms with van der Waals surface area (Å²) in [6.07, 6.45) is 0. The van der Waals surface area contributed by atoms with E-state index in [1.165, 1.54) is 18.2 Å². The minimum Gasteiger partial charge on any atom is -0.478 e. The number of para-hydroxylation sites is 1. The topological polar surface area (TPSA) is 46.5 Å². The molecule has 0 saturated heterocycles.